The maximum atomic E-state index is 13.3. The van der Waals surface area contributed by atoms with E-state index in [1.54, 1.807) is 12.1 Å². The molecule has 0 amide bonds. The molecule has 1 aromatic heterocycles. The minimum Gasteiger partial charge on any atom is -0.302 e. The van der Waals surface area contributed by atoms with E-state index in [2.05, 4.69) is 10.3 Å². The summed E-state index contributed by atoms with van der Waals surface area (Å²) in [5, 5.41) is 3.29. The van der Waals surface area contributed by atoms with Crippen LogP contribution in [0, 0.1) is 17.5 Å². The lowest BCUT2D eigenvalue weighted by Gasteiger charge is -2.22. The second-order valence-electron chi connectivity index (χ2n) is 4.92. The molecule has 0 bridgehead atoms. The summed E-state index contributed by atoms with van der Waals surface area (Å²) in [5.74, 6) is -2.12. The van der Waals surface area contributed by atoms with Crippen molar-refractivity contribution in [2.75, 3.05) is 0 Å². The summed E-state index contributed by atoms with van der Waals surface area (Å²) >= 11 is 0. The van der Waals surface area contributed by atoms with E-state index in [0.717, 1.165) is 12.5 Å². The van der Waals surface area contributed by atoms with Gasteiger partial charge in [-0.2, -0.15) is 0 Å². The molecular formula is C16H17F3N2. The van der Waals surface area contributed by atoms with Crippen LogP contribution in [0.2, 0.25) is 0 Å². The molecule has 0 radical (unpaired) electrons. The minimum atomic E-state index is -0.867. The number of halogens is 3. The van der Waals surface area contributed by atoms with Crippen LogP contribution < -0.4 is 5.32 Å². The number of hydrogen-bond donors (Lipinski definition) is 1. The lowest BCUT2D eigenvalue weighted by atomic mass is 10.0. The molecule has 5 heteroatoms. The predicted octanol–water partition coefficient (Wildman–Crippen LogP) is 4.30. The number of hydrogen-bond acceptors (Lipinski definition) is 2. The van der Waals surface area contributed by atoms with Crippen LogP contribution in [-0.4, -0.2) is 4.98 Å². The van der Waals surface area contributed by atoms with Crippen LogP contribution in [0.25, 0.3) is 0 Å². The predicted molar refractivity (Wildman–Crippen MR) is 75.1 cm³/mol. The molecule has 2 atom stereocenters. The van der Waals surface area contributed by atoms with Crippen LogP contribution >= 0.6 is 0 Å². The molecule has 1 aromatic carbocycles. The van der Waals surface area contributed by atoms with Crippen molar-refractivity contribution in [3.05, 3.63) is 65.2 Å². The summed E-state index contributed by atoms with van der Waals surface area (Å²) in [6, 6.07) is 6.53. The maximum Gasteiger partial charge on any atom is 0.159 e. The van der Waals surface area contributed by atoms with Crippen molar-refractivity contribution in [3.63, 3.8) is 0 Å². The fourth-order valence-electron chi connectivity index (χ4n) is 2.19. The molecule has 112 valence electrons. The molecule has 21 heavy (non-hydrogen) atoms. The molecule has 0 saturated carbocycles. The first-order valence-electron chi connectivity index (χ1n) is 6.83. The first-order chi connectivity index (χ1) is 10.0. The fourth-order valence-corrected chi connectivity index (χ4v) is 2.19. The van der Waals surface area contributed by atoms with Gasteiger partial charge in [-0.05, 0) is 43.2 Å². The number of nitrogens with one attached hydrogen (secondary N) is 1. The lowest BCUT2D eigenvalue weighted by molar-refractivity contribution is 0.442. The van der Waals surface area contributed by atoms with Crippen molar-refractivity contribution in [2.45, 2.75) is 32.4 Å². The lowest BCUT2D eigenvalue weighted by Crippen LogP contribution is -2.25. The van der Waals surface area contributed by atoms with Gasteiger partial charge < -0.3 is 5.32 Å². The topological polar surface area (TPSA) is 24.9 Å². The van der Waals surface area contributed by atoms with Crippen LogP contribution in [0.5, 0.6) is 0 Å². The summed E-state index contributed by atoms with van der Waals surface area (Å²) in [6.45, 7) is 3.83. The number of benzene rings is 1. The third-order valence-electron chi connectivity index (χ3n) is 3.41. The Kier molecular flexibility index (Phi) is 4.96. The van der Waals surface area contributed by atoms with Crippen molar-refractivity contribution in [1.29, 1.82) is 0 Å². The molecular weight excluding hydrogens is 277 g/mol. The number of pyridine rings is 1. The Bertz CT molecular complexity index is 599. The first kappa shape index (κ1) is 15.5. The molecule has 2 aromatic rings. The smallest absolute Gasteiger partial charge is 0.159 e. The summed E-state index contributed by atoms with van der Waals surface area (Å²) in [7, 11) is 0. The average Bonchev–Trinajstić information content (AvgIpc) is 2.48. The molecule has 2 unspecified atom stereocenters. The van der Waals surface area contributed by atoms with E-state index >= 15 is 0 Å². The van der Waals surface area contributed by atoms with Gasteiger partial charge in [-0.1, -0.05) is 13.0 Å². The summed E-state index contributed by atoms with van der Waals surface area (Å²) in [5.41, 5.74) is 1.36. The third kappa shape index (κ3) is 3.82. The van der Waals surface area contributed by atoms with Crippen LogP contribution in [0.3, 0.4) is 0 Å². The zero-order chi connectivity index (χ0) is 15.4. The summed E-state index contributed by atoms with van der Waals surface area (Å²) in [6.07, 6.45) is 1.91. The van der Waals surface area contributed by atoms with Gasteiger partial charge in [0.25, 0.3) is 0 Å². The fraction of sp³-hybridized carbons (Fsp3) is 0.312. The van der Waals surface area contributed by atoms with E-state index < -0.39 is 11.6 Å². The highest BCUT2D eigenvalue weighted by molar-refractivity contribution is 5.21. The second-order valence-corrected chi connectivity index (χ2v) is 4.92. The van der Waals surface area contributed by atoms with Crippen molar-refractivity contribution in [2.24, 2.45) is 0 Å². The van der Waals surface area contributed by atoms with E-state index in [1.807, 2.05) is 13.8 Å². The largest absolute Gasteiger partial charge is 0.302 e. The van der Waals surface area contributed by atoms with Crippen molar-refractivity contribution in [3.8, 4) is 0 Å². The van der Waals surface area contributed by atoms with Gasteiger partial charge in [-0.25, -0.2) is 13.2 Å². The van der Waals surface area contributed by atoms with Crippen LogP contribution in [0.1, 0.15) is 43.6 Å². The Labute approximate surface area is 122 Å². The van der Waals surface area contributed by atoms with Crippen LogP contribution in [0.15, 0.2) is 36.5 Å². The van der Waals surface area contributed by atoms with Gasteiger partial charge in [0.05, 0.1) is 11.9 Å². The Hall–Kier alpha value is -1.88. The quantitative estimate of drug-likeness (QED) is 0.889. The molecule has 0 aliphatic heterocycles. The van der Waals surface area contributed by atoms with Crippen molar-refractivity contribution < 1.29 is 13.2 Å². The highest BCUT2D eigenvalue weighted by atomic mass is 19.2. The van der Waals surface area contributed by atoms with Gasteiger partial charge in [0.1, 0.15) is 5.82 Å². The molecule has 0 fully saturated rings. The molecule has 0 aliphatic carbocycles. The monoisotopic (exact) mass is 294 g/mol. The molecule has 0 saturated heterocycles. The standard InChI is InChI=1S/C16H17F3N2/c1-3-15(16-7-5-12(17)9-20-16)21-10(2)11-4-6-13(18)14(19)8-11/h4-10,15,21H,3H2,1-2H3. The number of aromatic nitrogens is 1. The van der Waals surface area contributed by atoms with Gasteiger partial charge in [-0.15, -0.1) is 0 Å². The molecule has 0 aliphatic rings. The molecule has 1 heterocycles. The SMILES string of the molecule is CCC(NC(C)c1ccc(F)c(F)c1)c1ccc(F)cn1. The zero-order valence-corrected chi connectivity index (χ0v) is 11.9. The normalized spacial score (nSPS) is 14.0. The van der Waals surface area contributed by atoms with Gasteiger partial charge >= 0.3 is 0 Å². The van der Waals surface area contributed by atoms with Gasteiger partial charge in [0, 0.05) is 12.1 Å². The number of rotatable bonds is 5. The van der Waals surface area contributed by atoms with Crippen molar-refractivity contribution in [1.82, 2.24) is 10.3 Å². The Morgan fingerprint density at radius 1 is 1.10 bits per heavy atom. The highest BCUT2D eigenvalue weighted by Gasteiger charge is 2.16. The molecule has 2 rings (SSSR count). The van der Waals surface area contributed by atoms with Crippen molar-refractivity contribution >= 4 is 0 Å². The van der Waals surface area contributed by atoms with Gasteiger partial charge in [0.2, 0.25) is 0 Å². The first-order valence-corrected chi connectivity index (χ1v) is 6.83. The number of nitrogens with zero attached hydrogens (tertiary/aromatic N) is 1. The minimum absolute atomic E-state index is 0.0892. The zero-order valence-electron chi connectivity index (χ0n) is 11.9. The summed E-state index contributed by atoms with van der Waals surface area (Å²) in [4.78, 5) is 4.06. The second kappa shape index (κ2) is 6.72. The van der Waals surface area contributed by atoms with E-state index in [0.29, 0.717) is 11.3 Å². The Morgan fingerprint density at radius 2 is 1.86 bits per heavy atom. The van der Waals surface area contributed by atoms with E-state index in [9.17, 15) is 13.2 Å². The highest BCUT2D eigenvalue weighted by Crippen LogP contribution is 2.22. The summed E-state index contributed by atoms with van der Waals surface area (Å²) < 4.78 is 39.1. The van der Waals surface area contributed by atoms with E-state index in [1.165, 1.54) is 18.3 Å². The average molecular weight is 294 g/mol. The molecule has 1 N–H and O–H groups in total. The van der Waals surface area contributed by atoms with E-state index in [4.69, 9.17) is 0 Å². The Balaban J connectivity index is 2.13. The van der Waals surface area contributed by atoms with E-state index in [-0.39, 0.29) is 17.9 Å². The van der Waals surface area contributed by atoms with Gasteiger partial charge in [-0.3, -0.25) is 4.98 Å². The van der Waals surface area contributed by atoms with Crippen LogP contribution in [0.4, 0.5) is 13.2 Å². The van der Waals surface area contributed by atoms with Crippen LogP contribution in [-0.2, 0) is 0 Å². The Morgan fingerprint density at radius 3 is 2.43 bits per heavy atom. The molecule has 2 nitrogen and oxygen atoms in total. The maximum absolute atomic E-state index is 13.3. The molecule has 0 spiro atoms. The third-order valence-corrected chi connectivity index (χ3v) is 3.41. The van der Waals surface area contributed by atoms with Gasteiger partial charge in [0.15, 0.2) is 11.6 Å².